The van der Waals surface area contributed by atoms with E-state index in [-0.39, 0.29) is 11.7 Å². The van der Waals surface area contributed by atoms with Crippen LogP contribution in [0.2, 0.25) is 0 Å². The van der Waals surface area contributed by atoms with Crippen LogP contribution in [0.25, 0.3) is 5.82 Å². The van der Waals surface area contributed by atoms with E-state index in [0.29, 0.717) is 0 Å². The third kappa shape index (κ3) is 2.99. The molecule has 2 aromatic heterocycles. The zero-order chi connectivity index (χ0) is 15.5. The Morgan fingerprint density at radius 2 is 2.18 bits per heavy atom. The first kappa shape index (κ1) is 15.0. The van der Waals surface area contributed by atoms with Gasteiger partial charge in [0.2, 0.25) is 0 Å². The van der Waals surface area contributed by atoms with Crippen molar-refractivity contribution in [3.63, 3.8) is 0 Å². The van der Waals surface area contributed by atoms with E-state index in [1.165, 1.54) is 49.3 Å². The summed E-state index contributed by atoms with van der Waals surface area (Å²) >= 11 is 1.34. The summed E-state index contributed by atoms with van der Waals surface area (Å²) in [7, 11) is 1.38. The molecule has 0 unspecified atom stereocenters. The van der Waals surface area contributed by atoms with Crippen LogP contribution in [0.4, 0.5) is 0 Å². The van der Waals surface area contributed by atoms with Gasteiger partial charge in [-0.3, -0.25) is 4.79 Å². The fourth-order valence-electron chi connectivity index (χ4n) is 2.69. The predicted octanol–water partition coefficient (Wildman–Crippen LogP) is 2.11. The second-order valence-corrected chi connectivity index (χ2v) is 6.20. The summed E-state index contributed by atoms with van der Waals surface area (Å²) in [4.78, 5) is 19.8. The van der Waals surface area contributed by atoms with Crippen LogP contribution in [-0.2, 0) is 22.4 Å². The Bertz CT molecular complexity index is 699. The lowest BCUT2D eigenvalue weighted by Crippen LogP contribution is -2.09. The molecule has 0 aliphatic heterocycles. The fourth-order valence-corrected chi connectivity index (χ4v) is 3.38. The first-order valence-corrected chi connectivity index (χ1v) is 8.27. The number of hydrogen-bond acceptors (Lipinski definition) is 6. The quantitative estimate of drug-likeness (QED) is 0.488. The van der Waals surface area contributed by atoms with Gasteiger partial charge in [-0.05, 0) is 38.2 Å². The molecule has 2 heterocycles. The normalized spacial score (nSPS) is 13.7. The van der Waals surface area contributed by atoms with Gasteiger partial charge in [-0.2, -0.15) is 5.10 Å². The highest BCUT2D eigenvalue weighted by molar-refractivity contribution is 7.99. The third-order valence-corrected chi connectivity index (χ3v) is 4.69. The number of nitrogens with zero attached hydrogens (tertiary/aromatic N) is 4. The number of ether oxygens (including phenoxy) is 1. The van der Waals surface area contributed by atoms with Gasteiger partial charge < -0.3 is 4.74 Å². The maximum Gasteiger partial charge on any atom is 0.316 e. The van der Waals surface area contributed by atoms with Crippen molar-refractivity contribution < 1.29 is 9.53 Å². The van der Waals surface area contributed by atoms with Gasteiger partial charge in [-0.25, -0.2) is 14.6 Å². The topological polar surface area (TPSA) is 69.9 Å². The predicted molar refractivity (Wildman–Crippen MR) is 83.3 cm³/mol. The molecule has 0 aromatic carbocycles. The number of esters is 1. The molecule has 0 saturated heterocycles. The van der Waals surface area contributed by atoms with Crippen LogP contribution in [0, 0.1) is 6.92 Å². The minimum Gasteiger partial charge on any atom is -0.468 e. The molecule has 0 fully saturated rings. The van der Waals surface area contributed by atoms with E-state index in [0.717, 1.165) is 29.4 Å². The van der Waals surface area contributed by atoms with E-state index in [1.54, 1.807) is 0 Å². The second kappa shape index (κ2) is 6.48. The second-order valence-electron chi connectivity index (χ2n) is 5.21. The van der Waals surface area contributed by atoms with E-state index in [9.17, 15) is 4.79 Å². The van der Waals surface area contributed by atoms with Crippen LogP contribution in [-0.4, -0.2) is 38.6 Å². The number of rotatable bonds is 4. The molecule has 0 radical (unpaired) electrons. The maximum atomic E-state index is 11.2. The van der Waals surface area contributed by atoms with Crippen LogP contribution in [0.1, 0.15) is 29.8 Å². The SMILES string of the molecule is COC(=O)CSc1cc(-n2nc(C)c3c2CCCC3)ncn1. The Morgan fingerprint density at radius 3 is 3.00 bits per heavy atom. The van der Waals surface area contributed by atoms with E-state index >= 15 is 0 Å². The lowest BCUT2D eigenvalue weighted by atomic mass is 9.96. The van der Waals surface area contributed by atoms with Gasteiger partial charge in [0.05, 0.1) is 18.6 Å². The molecular weight excluding hydrogens is 300 g/mol. The zero-order valence-corrected chi connectivity index (χ0v) is 13.5. The molecule has 1 aliphatic rings. The summed E-state index contributed by atoms with van der Waals surface area (Å²) in [6.45, 7) is 2.05. The Balaban J connectivity index is 1.88. The molecule has 0 saturated carbocycles. The average molecular weight is 318 g/mol. The molecule has 116 valence electrons. The van der Waals surface area contributed by atoms with E-state index < -0.39 is 0 Å². The van der Waals surface area contributed by atoms with Gasteiger partial charge in [0, 0.05) is 11.8 Å². The summed E-state index contributed by atoms with van der Waals surface area (Å²) in [5.41, 5.74) is 3.69. The Hall–Kier alpha value is -1.89. The highest BCUT2D eigenvalue weighted by Gasteiger charge is 2.20. The summed E-state index contributed by atoms with van der Waals surface area (Å²) in [5.74, 6) is 0.731. The molecule has 3 rings (SSSR count). The van der Waals surface area contributed by atoms with Crippen molar-refractivity contribution in [2.24, 2.45) is 0 Å². The van der Waals surface area contributed by atoms with Crippen molar-refractivity contribution in [3.8, 4) is 5.82 Å². The first-order chi connectivity index (χ1) is 10.7. The summed E-state index contributed by atoms with van der Waals surface area (Å²) in [6, 6.07) is 1.87. The highest BCUT2D eigenvalue weighted by Crippen LogP contribution is 2.26. The zero-order valence-electron chi connectivity index (χ0n) is 12.7. The van der Waals surface area contributed by atoms with Gasteiger partial charge in [0.15, 0.2) is 5.82 Å². The lowest BCUT2D eigenvalue weighted by Gasteiger charge is -2.13. The molecule has 6 nitrogen and oxygen atoms in total. The lowest BCUT2D eigenvalue weighted by molar-refractivity contribution is -0.137. The number of methoxy groups -OCH3 is 1. The minimum atomic E-state index is -0.266. The smallest absolute Gasteiger partial charge is 0.316 e. The molecule has 0 amide bonds. The number of aromatic nitrogens is 4. The van der Waals surface area contributed by atoms with Crippen LogP contribution in [0.3, 0.4) is 0 Å². The van der Waals surface area contributed by atoms with Gasteiger partial charge in [-0.1, -0.05) is 11.8 Å². The Morgan fingerprint density at radius 1 is 1.36 bits per heavy atom. The van der Waals surface area contributed by atoms with Gasteiger partial charge in [-0.15, -0.1) is 0 Å². The van der Waals surface area contributed by atoms with Crippen molar-refractivity contribution in [1.29, 1.82) is 0 Å². The number of fused-ring (bicyclic) bond motifs is 1. The molecule has 22 heavy (non-hydrogen) atoms. The van der Waals surface area contributed by atoms with Crippen LogP contribution in [0.5, 0.6) is 0 Å². The summed E-state index contributed by atoms with van der Waals surface area (Å²) in [6.07, 6.45) is 6.05. The number of carbonyl (C=O) groups excluding carboxylic acids is 1. The molecule has 0 N–H and O–H groups in total. The molecule has 0 bridgehead atoms. The fraction of sp³-hybridized carbons (Fsp3) is 0.467. The van der Waals surface area contributed by atoms with Crippen molar-refractivity contribution in [2.75, 3.05) is 12.9 Å². The van der Waals surface area contributed by atoms with Crippen LogP contribution < -0.4 is 0 Å². The first-order valence-electron chi connectivity index (χ1n) is 7.28. The average Bonchev–Trinajstić information content (AvgIpc) is 2.90. The monoisotopic (exact) mass is 318 g/mol. The van der Waals surface area contributed by atoms with E-state index in [2.05, 4.69) is 26.7 Å². The maximum absolute atomic E-state index is 11.2. The van der Waals surface area contributed by atoms with Crippen molar-refractivity contribution in [3.05, 3.63) is 29.3 Å². The van der Waals surface area contributed by atoms with Gasteiger partial charge >= 0.3 is 5.97 Å². The van der Waals surface area contributed by atoms with Crippen molar-refractivity contribution >= 4 is 17.7 Å². The Labute approximate surface area is 133 Å². The molecular formula is C15H18N4O2S. The van der Waals surface area contributed by atoms with Gasteiger partial charge in [0.25, 0.3) is 0 Å². The molecule has 2 aromatic rings. The van der Waals surface area contributed by atoms with Crippen molar-refractivity contribution in [2.45, 2.75) is 37.6 Å². The van der Waals surface area contributed by atoms with Crippen LogP contribution in [0.15, 0.2) is 17.4 Å². The summed E-state index contributed by atoms with van der Waals surface area (Å²) in [5, 5.41) is 5.38. The van der Waals surface area contributed by atoms with Crippen molar-refractivity contribution in [1.82, 2.24) is 19.7 Å². The number of aryl methyl sites for hydroxylation is 1. The standard InChI is InChI=1S/C15H18N4O2S/c1-10-11-5-3-4-6-12(11)19(18-10)13-7-14(17-9-16-13)22-8-15(20)21-2/h7,9H,3-6,8H2,1-2H3. The number of thioether (sulfide) groups is 1. The largest absolute Gasteiger partial charge is 0.468 e. The minimum absolute atomic E-state index is 0.239. The number of hydrogen-bond donors (Lipinski definition) is 0. The summed E-state index contributed by atoms with van der Waals surface area (Å²) < 4.78 is 6.57. The third-order valence-electron chi connectivity index (χ3n) is 3.79. The Kier molecular flexibility index (Phi) is 4.42. The van der Waals surface area contributed by atoms with E-state index in [4.69, 9.17) is 0 Å². The molecule has 1 aliphatic carbocycles. The van der Waals surface area contributed by atoms with Gasteiger partial charge in [0.1, 0.15) is 11.4 Å². The molecule has 0 spiro atoms. The molecule has 7 heteroatoms. The van der Waals surface area contributed by atoms with E-state index in [1.807, 2.05) is 10.7 Å². The van der Waals surface area contributed by atoms with Crippen LogP contribution >= 0.6 is 11.8 Å². The number of carbonyl (C=O) groups is 1. The molecule has 0 atom stereocenters. The highest BCUT2D eigenvalue weighted by atomic mass is 32.2.